The molecular weight excluding hydrogens is 687 g/mol. The standard InChI is InChI=1S/C46H71N5O4/c1-28(2)29(3)42(8)20-21-43(9)32-16-17-35-41(7)22-34(51-38(49-27-50-51)31-14-12-30(23-47)13-15-31)37(55-25-45(11,48)40(4,5)6)46(35,26-54-24-41)33(32)18-19-44(43,10)36(42)39(52)53/h12-15,18,27-29,32,34-37H,16-17,19-26,47-48H2,1-11H3,(H,52,53)/t29-,32+,34-,35-,36-,37+,41-,42-,43-,44+,45+,46+/m1/s1. The lowest BCUT2D eigenvalue weighted by Gasteiger charge is -2.71. The Morgan fingerprint density at radius 1 is 1.04 bits per heavy atom. The molecule has 2 heterocycles. The van der Waals surface area contributed by atoms with Crippen LogP contribution in [0, 0.1) is 62.1 Å². The first kappa shape index (κ1) is 40.6. The molecule has 3 saturated carbocycles. The molecule has 4 aliphatic carbocycles. The van der Waals surface area contributed by atoms with Gasteiger partial charge in [0, 0.05) is 23.1 Å². The number of ether oxygens (including phenoxy) is 2. The summed E-state index contributed by atoms with van der Waals surface area (Å²) in [6.07, 6.45) is 9.51. The van der Waals surface area contributed by atoms with Crippen molar-refractivity contribution in [2.45, 2.75) is 139 Å². The van der Waals surface area contributed by atoms with Crippen LogP contribution in [0.1, 0.15) is 126 Å². The second kappa shape index (κ2) is 13.5. The van der Waals surface area contributed by atoms with Gasteiger partial charge >= 0.3 is 5.97 Å². The highest BCUT2D eigenvalue weighted by atomic mass is 16.5. The van der Waals surface area contributed by atoms with Gasteiger partial charge in [-0.05, 0) is 102 Å². The monoisotopic (exact) mass is 758 g/mol. The highest BCUT2D eigenvalue weighted by molar-refractivity contribution is 5.73. The SMILES string of the molecule is CC(C)[C@@H](C)[C@@]1(C)CC[C@]2(C)[C@H]3CC[C@@H]4[C@@]5(C)COC[C@@]4(C3=CC[C@@]2(C)[C@@H]1C(=O)O)[C@@H](OC[C@](C)(N)C(C)(C)C)[C@H](n1ncnc1-c1ccc(CN)cc1)C5. The topological polar surface area (TPSA) is 139 Å². The molecule has 5 aliphatic rings. The molecule has 0 unspecified atom stereocenters. The molecule has 9 nitrogen and oxygen atoms in total. The number of allylic oxidation sites excluding steroid dienone is 1. The van der Waals surface area contributed by atoms with Gasteiger partial charge in [0.15, 0.2) is 5.82 Å². The zero-order chi connectivity index (χ0) is 40.1. The molecule has 55 heavy (non-hydrogen) atoms. The lowest BCUT2D eigenvalue weighted by molar-refractivity contribution is -0.255. The minimum absolute atomic E-state index is 0.123. The molecule has 12 atom stereocenters. The van der Waals surface area contributed by atoms with Crippen LogP contribution in [0.2, 0.25) is 0 Å². The van der Waals surface area contributed by atoms with Crippen LogP contribution < -0.4 is 11.5 Å². The molecule has 4 fully saturated rings. The van der Waals surface area contributed by atoms with E-state index in [0.717, 1.165) is 55.5 Å². The van der Waals surface area contributed by atoms with Crippen LogP contribution in [0.15, 0.2) is 42.2 Å². The van der Waals surface area contributed by atoms with Gasteiger partial charge < -0.3 is 26.0 Å². The molecule has 7 rings (SSSR count). The largest absolute Gasteiger partial charge is 0.481 e. The molecule has 304 valence electrons. The molecule has 1 aromatic carbocycles. The van der Waals surface area contributed by atoms with E-state index in [1.165, 1.54) is 5.57 Å². The zero-order valence-electron chi connectivity index (χ0n) is 35.7. The summed E-state index contributed by atoms with van der Waals surface area (Å²) in [5.74, 6) is 0.981. The maximum absolute atomic E-state index is 13.7. The first-order valence-corrected chi connectivity index (χ1v) is 21.2. The van der Waals surface area contributed by atoms with E-state index in [9.17, 15) is 9.90 Å². The van der Waals surface area contributed by atoms with Crippen molar-refractivity contribution in [2.75, 3.05) is 19.8 Å². The third-order valence-corrected chi connectivity index (χ3v) is 17.6. The lowest BCUT2D eigenvalue weighted by atomic mass is 9.34. The highest BCUT2D eigenvalue weighted by Gasteiger charge is 2.73. The lowest BCUT2D eigenvalue weighted by Crippen LogP contribution is -2.70. The second-order valence-corrected chi connectivity index (χ2v) is 21.5. The minimum atomic E-state index is -0.637. The Labute approximate surface area is 330 Å². The summed E-state index contributed by atoms with van der Waals surface area (Å²) in [5, 5.41) is 16.2. The number of carbonyl (C=O) groups is 1. The fourth-order valence-electron chi connectivity index (χ4n) is 13.1. The summed E-state index contributed by atoms with van der Waals surface area (Å²) in [4.78, 5) is 18.6. The van der Waals surface area contributed by atoms with E-state index < -0.39 is 28.3 Å². The Bertz CT molecular complexity index is 1800. The number of aromatic nitrogens is 3. The predicted molar refractivity (Wildman–Crippen MR) is 218 cm³/mol. The summed E-state index contributed by atoms with van der Waals surface area (Å²) >= 11 is 0. The van der Waals surface area contributed by atoms with Crippen LogP contribution in [-0.4, -0.2) is 57.3 Å². The summed E-state index contributed by atoms with van der Waals surface area (Å²) in [5.41, 5.74) is 14.4. The number of carboxylic acids is 1. The van der Waals surface area contributed by atoms with Crippen LogP contribution in [0.4, 0.5) is 0 Å². The zero-order valence-corrected chi connectivity index (χ0v) is 35.7. The predicted octanol–water partition coefficient (Wildman–Crippen LogP) is 8.68. The molecule has 1 aliphatic heterocycles. The van der Waals surface area contributed by atoms with Gasteiger partial charge in [-0.2, -0.15) is 5.10 Å². The van der Waals surface area contributed by atoms with Crippen LogP contribution in [0.5, 0.6) is 0 Å². The number of hydrogen-bond donors (Lipinski definition) is 3. The van der Waals surface area contributed by atoms with Crippen molar-refractivity contribution in [1.82, 2.24) is 14.8 Å². The third-order valence-electron chi connectivity index (χ3n) is 17.6. The van der Waals surface area contributed by atoms with Crippen molar-refractivity contribution in [3.8, 4) is 11.4 Å². The van der Waals surface area contributed by atoms with E-state index in [0.29, 0.717) is 38.2 Å². The van der Waals surface area contributed by atoms with Gasteiger partial charge in [0.25, 0.3) is 0 Å². The number of rotatable bonds is 9. The number of nitrogens with two attached hydrogens (primary N) is 2. The van der Waals surface area contributed by atoms with E-state index in [1.807, 2.05) is 0 Å². The van der Waals surface area contributed by atoms with E-state index in [2.05, 4.69) is 111 Å². The van der Waals surface area contributed by atoms with E-state index in [-0.39, 0.29) is 45.6 Å². The number of benzene rings is 1. The maximum atomic E-state index is 13.7. The van der Waals surface area contributed by atoms with Crippen molar-refractivity contribution in [3.63, 3.8) is 0 Å². The normalized spacial score (nSPS) is 40.3. The summed E-state index contributed by atoms with van der Waals surface area (Å²) in [6.45, 7) is 27.1. The Morgan fingerprint density at radius 2 is 1.73 bits per heavy atom. The number of nitrogens with zero attached hydrogens (tertiary/aromatic N) is 3. The van der Waals surface area contributed by atoms with Crippen molar-refractivity contribution < 1.29 is 19.4 Å². The van der Waals surface area contributed by atoms with Gasteiger partial charge in [0.05, 0.1) is 37.9 Å². The molecule has 2 aromatic rings. The Balaban J connectivity index is 1.40. The molecule has 0 radical (unpaired) electrons. The number of fused-ring (bicyclic) bond motifs is 3. The Morgan fingerprint density at radius 3 is 2.35 bits per heavy atom. The van der Waals surface area contributed by atoms with Crippen LogP contribution in [-0.2, 0) is 20.8 Å². The quantitative estimate of drug-likeness (QED) is 0.216. The van der Waals surface area contributed by atoms with Gasteiger partial charge in [-0.15, -0.1) is 0 Å². The Kier molecular flexibility index (Phi) is 9.96. The van der Waals surface area contributed by atoms with Crippen molar-refractivity contribution in [3.05, 3.63) is 47.8 Å². The van der Waals surface area contributed by atoms with Crippen LogP contribution >= 0.6 is 0 Å². The van der Waals surface area contributed by atoms with Crippen molar-refractivity contribution in [1.29, 1.82) is 0 Å². The van der Waals surface area contributed by atoms with Crippen LogP contribution in [0.3, 0.4) is 0 Å². The molecule has 2 bridgehead atoms. The fraction of sp³-hybridized carbons (Fsp3) is 0.761. The third kappa shape index (κ3) is 5.86. The molecular formula is C46H71N5O4. The minimum Gasteiger partial charge on any atom is -0.481 e. The van der Waals surface area contributed by atoms with Gasteiger partial charge in [0.2, 0.25) is 0 Å². The van der Waals surface area contributed by atoms with Gasteiger partial charge in [-0.1, -0.05) is 105 Å². The number of hydrogen-bond acceptors (Lipinski definition) is 7. The van der Waals surface area contributed by atoms with E-state index in [1.54, 1.807) is 6.33 Å². The van der Waals surface area contributed by atoms with E-state index >= 15 is 0 Å². The smallest absolute Gasteiger partial charge is 0.307 e. The van der Waals surface area contributed by atoms with Crippen LogP contribution in [0.25, 0.3) is 11.4 Å². The molecule has 1 saturated heterocycles. The highest BCUT2D eigenvalue weighted by Crippen LogP contribution is 2.75. The summed E-state index contributed by atoms with van der Waals surface area (Å²) in [6, 6.07) is 8.22. The molecule has 1 aromatic heterocycles. The molecule has 9 heteroatoms. The van der Waals surface area contributed by atoms with Gasteiger partial charge in [0.1, 0.15) is 6.33 Å². The van der Waals surface area contributed by atoms with Gasteiger partial charge in [-0.3, -0.25) is 4.79 Å². The summed E-state index contributed by atoms with van der Waals surface area (Å²) < 4.78 is 16.4. The fourth-order valence-corrected chi connectivity index (χ4v) is 13.1. The van der Waals surface area contributed by atoms with Crippen molar-refractivity contribution in [2.24, 2.45) is 73.5 Å². The average Bonchev–Trinajstić information content (AvgIpc) is 3.60. The Hall–Kier alpha value is -2.59. The molecule has 5 N–H and O–H groups in total. The average molecular weight is 758 g/mol. The number of aliphatic carboxylic acids is 1. The summed E-state index contributed by atoms with van der Waals surface area (Å²) in [7, 11) is 0. The first-order chi connectivity index (χ1) is 25.6. The van der Waals surface area contributed by atoms with E-state index in [4.69, 9.17) is 31.0 Å². The van der Waals surface area contributed by atoms with Crippen molar-refractivity contribution >= 4 is 5.97 Å². The van der Waals surface area contributed by atoms with Gasteiger partial charge in [-0.25, -0.2) is 9.67 Å². The molecule has 0 spiro atoms. The number of carboxylic acid groups (broad SMARTS) is 1. The maximum Gasteiger partial charge on any atom is 0.307 e. The second-order valence-electron chi connectivity index (χ2n) is 21.5. The molecule has 0 amide bonds. The first-order valence-electron chi connectivity index (χ1n) is 21.2.